The van der Waals surface area contributed by atoms with Crippen LogP contribution in [0, 0.1) is 20.8 Å². The molecule has 1 aromatic carbocycles. The first kappa shape index (κ1) is 12.8. The molecule has 0 aliphatic rings. The van der Waals surface area contributed by atoms with Crippen molar-refractivity contribution in [1.82, 2.24) is 9.78 Å². The van der Waals surface area contributed by atoms with Crippen LogP contribution in [-0.4, -0.2) is 16.3 Å². The normalized spacial score (nSPS) is 10.9. The molecule has 0 spiro atoms. The number of aromatic nitrogens is 2. The van der Waals surface area contributed by atoms with E-state index in [0.717, 1.165) is 30.8 Å². The lowest BCUT2D eigenvalue weighted by Gasteiger charge is -2.06. The summed E-state index contributed by atoms with van der Waals surface area (Å²) < 4.78 is 2.04. The van der Waals surface area contributed by atoms with Crippen LogP contribution in [0.2, 0.25) is 0 Å². The summed E-state index contributed by atoms with van der Waals surface area (Å²) in [5.74, 6) is 0. The molecular weight excluding hydrogens is 222 g/mol. The van der Waals surface area contributed by atoms with Crippen LogP contribution in [-0.2, 0) is 6.42 Å². The predicted octanol–water partition coefficient (Wildman–Crippen LogP) is 2.69. The van der Waals surface area contributed by atoms with Crippen LogP contribution in [0.4, 0.5) is 0 Å². The smallest absolute Gasteiger partial charge is 0.0651 e. The third-order valence-electron chi connectivity index (χ3n) is 3.32. The Kier molecular flexibility index (Phi) is 3.82. The highest BCUT2D eigenvalue weighted by Crippen LogP contribution is 2.19. The van der Waals surface area contributed by atoms with Gasteiger partial charge in [-0.25, -0.2) is 4.68 Å². The molecular formula is C15H21N3. The lowest BCUT2D eigenvalue weighted by Crippen LogP contribution is -2.02. The van der Waals surface area contributed by atoms with Crippen LogP contribution in [0.25, 0.3) is 5.69 Å². The van der Waals surface area contributed by atoms with E-state index >= 15 is 0 Å². The molecule has 0 amide bonds. The van der Waals surface area contributed by atoms with Crippen LogP contribution in [0.1, 0.15) is 28.9 Å². The van der Waals surface area contributed by atoms with Crippen LogP contribution in [0.15, 0.2) is 24.3 Å². The molecule has 2 rings (SSSR count). The summed E-state index contributed by atoms with van der Waals surface area (Å²) in [5.41, 5.74) is 11.7. The largest absolute Gasteiger partial charge is 0.330 e. The Balaban J connectivity index is 2.40. The average Bonchev–Trinajstić information content (AvgIpc) is 2.63. The Bertz CT molecular complexity index is 541. The van der Waals surface area contributed by atoms with Crippen LogP contribution >= 0.6 is 0 Å². The molecule has 18 heavy (non-hydrogen) atoms. The molecule has 2 N–H and O–H groups in total. The molecule has 0 atom stereocenters. The lowest BCUT2D eigenvalue weighted by molar-refractivity contribution is 0.815. The van der Waals surface area contributed by atoms with Crippen molar-refractivity contribution in [3.05, 3.63) is 46.8 Å². The molecule has 0 fully saturated rings. The minimum absolute atomic E-state index is 0.731. The van der Waals surface area contributed by atoms with Crippen molar-refractivity contribution in [3.8, 4) is 5.69 Å². The zero-order chi connectivity index (χ0) is 13.1. The number of aryl methyl sites for hydroxylation is 2. The van der Waals surface area contributed by atoms with Gasteiger partial charge in [0.2, 0.25) is 0 Å². The van der Waals surface area contributed by atoms with Gasteiger partial charge in [-0.2, -0.15) is 5.10 Å². The third kappa shape index (κ3) is 2.46. The molecule has 96 valence electrons. The van der Waals surface area contributed by atoms with Gasteiger partial charge in [-0.05, 0) is 63.4 Å². The van der Waals surface area contributed by atoms with E-state index in [1.807, 2.05) is 4.68 Å². The van der Waals surface area contributed by atoms with Gasteiger partial charge in [0.05, 0.1) is 11.4 Å². The number of hydrogen-bond acceptors (Lipinski definition) is 2. The number of rotatable bonds is 4. The number of nitrogens with zero attached hydrogens (tertiary/aromatic N) is 2. The zero-order valence-corrected chi connectivity index (χ0v) is 11.4. The second kappa shape index (κ2) is 5.36. The van der Waals surface area contributed by atoms with Crippen molar-refractivity contribution >= 4 is 0 Å². The Morgan fingerprint density at radius 1 is 1.22 bits per heavy atom. The van der Waals surface area contributed by atoms with Crippen LogP contribution < -0.4 is 5.73 Å². The van der Waals surface area contributed by atoms with Crippen LogP contribution in [0.3, 0.4) is 0 Å². The van der Waals surface area contributed by atoms with Crippen molar-refractivity contribution in [3.63, 3.8) is 0 Å². The summed E-state index contributed by atoms with van der Waals surface area (Å²) in [6, 6.07) is 8.43. The van der Waals surface area contributed by atoms with Crippen molar-refractivity contribution < 1.29 is 0 Å². The molecule has 0 bridgehead atoms. The van der Waals surface area contributed by atoms with Crippen LogP contribution in [0.5, 0.6) is 0 Å². The monoisotopic (exact) mass is 243 g/mol. The highest BCUT2D eigenvalue weighted by molar-refractivity contribution is 5.39. The molecule has 1 aromatic heterocycles. The minimum atomic E-state index is 0.731. The first-order valence-electron chi connectivity index (χ1n) is 6.45. The van der Waals surface area contributed by atoms with E-state index in [2.05, 4.69) is 50.1 Å². The highest BCUT2D eigenvalue weighted by Gasteiger charge is 2.12. The fourth-order valence-corrected chi connectivity index (χ4v) is 2.33. The fourth-order valence-electron chi connectivity index (χ4n) is 2.33. The summed E-state index contributed by atoms with van der Waals surface area (Å²) in [6.45, 7) is 7.04. The van der Waals surface area contributed by atoms with Gasteiger partial charge in [0.1, 0.15) is 0 Å². The van der Waals surface area contributed by atoms with Gasteiger partial charge in [-0.1, -0.05) is 12.1 Å². The van der Waals surface area contributed by atoms with E-state index < -0.39 is 0 Å². The molecule has 0 radical (unpaired) electrons. The Morgan fingerprint density at radius 3 is 2.67 bits per heavy atom. The second-order valence-corrected chi connectivity index (χ2v) is 4.79. The van der Waals surface area contributed by atoms with E-state index in [9.17, 15) is 0 Å². The molecule has 3 heteroatoms. The second-order valence-electron chi connectivity index (χ2n) is 4.79. The van der Waals surface area contributed by atoms with E-state index in [1.165, 1.54) is 16.8 Å². The average molecular weight is 243 g/mol. The molecule has 0 saturated heterocycles. The van der Waals surface area contributed by atoms with Gasteiger partial charge in [0, 0.05) is 5.69 Å². The molecule has 2 aromatic rings. The quantitative estimate of drug-likeness (QED) is 0.897. The summed E-state index contributed by atoms with van der Waals surface area (Å²) in [5, 5.41) is 4.65. The van der Waals surface area contributed by atoms with Crippen molar-refractivity contribution in [1.29, 1.82) is 0 Å². The maximum atomic E-state index is 5.59. The number of hydrogen-bond donors (Lipinski definition) is 1. The van der Waals surface area contributed by atoms with E-state index in [0.29, 0.717) is 0 Å². The first-order valence-corrected chi connectivity index (χ1v) is 6.45. The zero-order valence-electron chi connectivity index (χ0n) is 11.4. The third-order valence-corrected chi connectivity index (χ3v) is 3.32. The Labute approximate surface area is 109 Å². The SMILES string of the molecule is Cc1cccc(-n2nc(C)c(CCCN)c2C)c1. The van der Waals surface area contributed by atoms with Gasteiger partial charge in [0.25, 0.3) is 0 Å². The molecule has 1 heterocycles. The van der Waals surface area contributed by atoms with Gasteiger partial charge in [-0.15, -0.1) is 0 Å². The Hall–Kier alpha value is -1.61. The van der Waals surface area contributed by atoms with Crippen molar-refractivity contribution in [2.45, 2.75) is 33.6 Å². The van der Waals surface area contributed by atoms with Gasteiger partial charge in [-0.3, -0.25) is 0 Å². The molecule has 0 aliphatic heterocycles. The standard InChI is InChI=1S/C15H21N3/c1-11-6-4-7-14(10-11)18-13(3)15(8-5-9-16)12(2)17-18/h4,6-7,10H,5,8-9,16H2,1-3H3. The van der Waals surface area contributed by atoms with Gasteiger partial charge in [0.15, 0.2) is 0 Å². The summed E-state index contributed by atoms with van der Waals surface area (Å²) >= 11 is 0. The van der Waals surface area contributed by atoms with Crippen molar-refractivity contribution in [2.24, 2.45) is 5.73 Å². The van der Waals surface area contributed by atoms with Gasteiger partial charge >= 0.3 is 0 Å². The topological polar surface area (TPSA) is 43.8 Å². The van der Waals surface area contributed by atoms with E-state index in [-0.39, 0.29) is 0 Å². The van der Waals surface area contributed by atoms with E-state index in [4.69, 9.17) is 5.73 Å². The van der Waals surface area contributed by atoms with E-state index in [1.54, 1.807) is 0 Å². The molecule has 0 aliphatic carbocycles. The lowest BCUT2D eigenvalue weighted by atomic mass is 10.1. The maximum Gasteiger partial charge on any atom is 0.0651 e. The number of nitrogens with two attached hydrogens (primary N) is 1. The van der Waals surface area contributed by atoms with Crippen molar-refractivity contribution in [2.75, 3.05) is 6.54 Å². The highest BCUT2D eigenvalue weighted by atomic mass is 15.3. The Morgan fingerprint density at radius 2 is 2.00 bits per heavy atom. The predicted molar refractivity (Wildman–Crippen MR) is 75.2 cm³/mol. The molecule has 0 unspecified atom stereocenters. The summed E-state index contributed by atoms with van der Waals surface area (Å²) in [7, 11) is 0. The first-order chi connectivity index (χ1) is 8.63. The number of benzene rings is 1. The maximum absolute atomic E-state index is 5.59. The summed E-state index contributed by atoms with van der Waals surface area (Å²) in [4.78, 5) is 0. The molecule has 3 nitrogen and oxygen atoms in total. The van der Waals surface area contributed by atoms with Gasteiger partial charge < -0.3 is 5.73 Å². The summed E-state index contributed by atoms with van der Waals surface area (Å²) in [6.07, 6.45) is 2.03. The minimum Gasteiger partial charge on any atom is -0.330 e. The molecule has 0 saturated carbocycles. The fraction of sp³-hybridized carbons (Fsp3) is 0.400.